The fourth-order valence-corrected chi connectivity index (χ4v) is 8.20. The van der Waals surface area contributed by atoms with Crippen molar-refractivity contribution in [2.24, 2.45) is 5.41 Å². The zero-order valence-electron chi connectivity index (χ0n) is 36.7. The van der Waals surface area contributed by atoms with Crippen LogP contribution in [-0.2, 0) is 54.0 Å². The van der Waals surface area contributed by atoms with Crippen LogP contribution in [0.5, 0.6) is 5.88 Å². The van der Waals surface area contributed by atoms with Gasteiger partial charge in [0.25, 0.3) is 0 Å². The summed E-state index contributed by atoms with van der Waals surface area (Å²) in [6.07, 6.45) is 0.916. The number of piperidine rings is 1. The topological polar surface area (TPSA) is 185 Å². The summed E-state index contributed by atoms with van der Waals surface area (Å²) < 4.78 is 40.1. The van der Waals surface area contributed by atoms with Crippen LogP contribution in [0.15, 0.2) is 24.3 Å². The Hall–Kier alpha value is -4.96. The molecule has 3 aliphatic rings. The van der Waals surface area contributed by atoms with Crippen molar-refractivity contribution in [1.29, 1.82) is 0 Å². The molecule has 60 heavy (non-hydrogen) atoms. The highest BCUT2D eigenvalue weighted by atomic mass is 16.7. The summed E-state index contributed by atoms with van der Waals surface area (Å²) in [4.78, 5) is 65.7. The number of aromatic amines is 1. The van der Waals surface area contributed by atoms with Crippen molar-refractivity contribution in [1.82, 2.24) is 20.0 Å². The molecule has 3 saturated heterocycles. The van der Waals surface area contributed by atoms with Crippen molar-refractivity contribution in [3.8, 4) is 5.88 Å². The first-order valence-corrected chi connectivity index (χ1v) is 20.7. The molecule has 5 atom stereocenters. The number of hydrogen-bond acceptors (Lipinski definition) is 14. The number of aromatic nitrogens is 2. The average Bonchev–Trinajstić information content (AvgIpc) is 3.52. The summed E-state index contributed by atoms with van der Waals surface area (Å²) in [6.45, 7) is 20.5. The molecule has 1 aromatic carbocycles. The van der Waals surface area contributed by atoms with Crippen LogP contribution in [0.3, 0.4) is 0 Å². The minimum absolute atomic E-state index is 0.0195. The monoisotopic (exact) mass is 838 g/mol. The fourth-order valence-electron chi connectivity index (χ4n) is 8.20. The van der Waals surface area contributed by atoms with Gasteiger partial charge in [-0.05, 0) is 69.6 Å². The standard InChI is InChI=1S/C44H62N4O12/c1-26(2)36-34(40(46-45-36)59-41-39(57-31(7)52)38(56-30(6)51)37(55-29(5)50)35(58-41)22-54-28(4)49)21-33-16-15-32(20-27(33)3)14-11-12-18-47-23-44(24-47)17-13-19-48(25-44)42(53)60-43(8,9)10/h11,14-16,20,26,35,37-39,41H,12-13,17-19,21-25H2,1-10H3,(H,45,46). The molecule has 4 heterocycles. The molecule has 1 N–H and O–H groups in total. The number of hydrogen-bond donors (Lipinski definition) is 1. The molecule has 0 radical (unpaired) electrons. The first-order valence-electron chi connectivity index (χ1n) is 20.7. The quantitative estimate of drug-likeness (QED) is 0.182. The number of amides is 1. The van der Waals surface area contributed by atoms with E-state index in [0.29, 0.717) is 6.42 Å². The molecule has 330 valence electrons. The molecule has 16 heteroatoms. The second-order valence-corrected chi connectivity index (χ2v) is 17.5. The first-order chi connectivity index (χ1) is 28.2. The van der Waals surface area contributed by atoms with Gasteiger partial charge in [-0.1, -0.05) is 44.2 Å². The van der Waals surface area contributed by atoms with Gasteiger partial charge in [-0.15, -0.1) is 5.10 Å². The van der Waals surface area contributed by atoms with E-state index in [-0.39, 0.29) is 29.9 Å². The maximum Gasteiger partial charge on any atom is 0.410 e. The van der Waals surface area contributed by atoms with Crippen molar-refractivity contribution >= 4 is 36.0 Å². The molecule has 3 aliphatic heterocycles. The molecule has 5 unspecified atom stereocenters. The number of H-pyrrole nitrogens is 1. The van der Waals surface area contributed by atoms with Gasteiger partial charge in [-0.2, -0.15) is 0 Å². The van der Waals surface area contributed by atoms with Gasteiger partial charge in [0, 0.05) is 83.5 Å². The van der Waals surface area contributed by atoms with Crippen LogP contribution in [0, 0.1) is 12.3 Å². The Kier molecular flexibility index (Phi) is 15.1. The largest absolute Gasteiger partial charge is 0.463 e. The number of nitrogens with one attached hydrogen (secondary N) is 1. The Bertz CT molecular complexity index is 1890. The molecule has 16 nitrogen and oxygen atoms in total. The van der Waals surface area contributed by atoms with E-state index < -0.39 is 60.2 Å². The van der Waals surface area contributed by atoms with Crippen molar-refractivity contribution in [3.05, 3.63) is 52.2 Å². The molecule has 1 spiro atoms. The molecule has 2 aromatic rings. The number of carbonyl (C=O) groups is 5. The highest BCUT2D eigenvalue weighted by Crippen LogP contribution is 2.40. The summed E-state index contributed by atoms with van der Waals surface area (Å²) in [7, 11) is 0. The second kappa shape index (κ2) is 19.6. The maximum absolute atomic E-state index is 12.7. The second-order valence-electron chi connectivity index (χ2n) is 17.5. The normalized spacial score (nSPS) is 22.9. The number of rotatable bonds is 14. The van der Waals surface area contributed by atoms with E-state index in [4.69, 9.17) is 33.2 Å². The van der Waals surface area contributed by atoms with Gasteiger partial charge in [-0.25, -0.2) is 4.79 Å². The van der Waals surface area contributed by atoms with Gasteiger partial charge in [0.2, 0.25) is 18.3 Å². The minimum Gasteiger partial charge on any atom is -0.463 e. The lowest BCUT2D eigenvalue weighted by atomic mass is 9.73. The lowest BCUT2D eigenvalue weighted by molar-refractivity contribution is -0.289. The molecule has 1 amide bonds. The smallest absolute Gasteiger partial charge is 0.410 e. The molecule has 1 aromatic heterocycles. The maximum atomic E-state index is 12.7. The highest BCUT2D eigenvalue weighted by Gasteiger charge is 2.54. The number of carbonyl (C=O) groups excluding carboxylic acids is 5. The van der Waals surface area contributed by atoms with Crippen LogP contribution >= 0.6 is 0 Å². The molecular formula is C44H62N4O12. The third-order valence-corrected chi connectivity index (χ3v) is 10.7. The van der Waals surface area contributed by atoms with Crippen LogP contribution in [0.4, 0.5) is 4.79 Å². The van der Waals surface area contributed by atoms with Crippen molar-refractivity contribution in [2.45, 2.75) is 137 Å². The number of ether oxygens (including phenoxy) is 7. The van der Waals surface area contributed by atoms with E-state index in [2.05, 4.69) is 45.4 Å². The van der Waals surface area contributed by atoms with Crippen LogP contribution < -0.4 is 4.74 Å². The molecular weight excluding hydrogens is 777 g/mol. The zero-order valence-corrected chi connectivity index (χ0v) is 36.7. The van der Waals surface area contributed by atoms with Gasteiger partial charge < -0.3 is 43.0 Å². The minimum atomic E-state index is -1.42. The Morgan fingerprint density at radius 1 is 0.950 bits per heavy atom. The number of nitrogens with zero attached hydrogens (tertiary/aromatic N) is 3. The molecule has 3 fully saturated rings. The lowest BCUT2D eigenvalue weighted by Crippen LogP contribution is -2.63. The van der Waals surface area contributed by atoms with Crippen LogP contribution in [-0.4, -0.2) is 126 Å². The number of likely N-dealkylation sites (tertiary alicyclic amines) is 2. The Labute approximate surface area is 352 Å². The van der Waals surface area contributed by atoms with Gasteiger partial charge in [0.1, 0.15) is 18.3 Å². The molecule has 0 saturated carbocycles. The predicted octanol–water partition coefficient (Wildman–Crippen LogP) is 5.63. The summed E-state index contributed by atoms with van der Waals surface area (Å²) >= 11 is 0. The lowest BCUT2D eigenvalue weighted by Gasteiger charge is -2.54. The summed E-state index contributed by atoms with van der Waals surface area (Å²) in [5.41, 5.74) is 4.37. The van der Waals surface area contributed by atoms with Gasteiger partial charge in [0.15, 0.2) is 12.2 Å². The van der Waals surface area contributed by atoms with Crippen molar-refractivity contribution in [3.63, 3.8) is 0 Å². The first kappa shape index (κ1) is 46.1. The predicted molar refractivity (Wildman–Crippen MR) is 219 cm³/mol. The fraction of sp³-hybridized carbons (Fsp3) is 0.636. The average molecular weight is 839 g/mol. The van der Waals surface area contributed by atoms with E-state index in [1.165, 1.54) is 13.8 Å². The SMILES string of the molecule is CC(=O)OCC1OC(Oc2n[nH]c(C(C)C)c2Cc2ccc(C=CCCN3CC4(CCCN(C(=O)OC(C)(C)C)C4)C3)cc2C)C(OC(C)=O)C(OC(C)=O)C1OC(C)=O. The summed E-state index contributed by atoms with van der Waals surface area (Å²) in [5.74, 6) is -2.63. The summed E-state index contributed by atoms with van der Waals surface area (Å²) in [5, 5.41) is 7.57. The third-order valence-electron chi connectivity index (χ3n) is 10.7. The Morgan fingerprint density at radius 2 is 1.62 bits per heavy atom. The van der Waals surface area contributed by atoms with Crippen LogP contribution in [0.1, 0.15) is 115 Å². The van der Waals surface area contributed by atoms with Crippen molar-refractivity contribution < 1.29 is 57.1 Å². The number of esters is 4. The Balaban J connectivity index is 1.26. The van der Waals surface area contributed by atoms with Crippen LogP contribution in [0.2, 0.25) is 0 Å². The van der Waals surface area contributed by atoms with Gasteiger partial charge in [0.05, 0.1) is 0 Å². The number of aryl methyl sites for hydroxylation is 1. The van der Waals surface area contributed by atoms with Gasteiger partial charge in [-0.3, -0.25) is 24.3 Å². The molecule has 0 aliphatic carbocycles. The zero-order chi connectivity index (χ0) is 43.9. The van der Waals surface area contributed by atoms with Crippen LogP contribution in [0.25, 0.3) is 6.08 Å². The van der Waals surface area contributed by atoms with E-state index in [0.717, 1.165) is 93.8 Å². The highest BCUT2D eigenvalue weighted by molar-refractivity contribution is 5.69. The third kappa shape index (κ3) is 12.3. The van der Waals surface area contributed by atoms with Crippen molar-refractivity contribution in [2.75, 3.05) is 39.3 Å². The Morgan fingerprint density at radius 3 is 2.23 bits per heavy atom. The van der Waals surface area contributed by atoms with E-state index in [1.54, 1.807) is 0 Å². The van der Waals surface area contributed by atoms with E-state index in [1.807, 2.05) is 46.4 Å². The van der Waals surface area contributed by atoms with E-state index in [9.17, 15) is 24.0 Å². The molecule has 5 rings (SSSR count). The molecule has 0 bridgehead atoms. The summed E-state index contributed by atoms with van der Waals surface area (Å²) in [6, 6.07) is 6.27. The van der Waals surface area contributed by atoms with E-state index >= 15 is 0 Å². The van der Waals surface area contributed by atoms with Gasteiger partial charge >= 0.3 is 30.0 Å². The number of benzene rings is 1.